The first-order valence-corrected chi connectivity index (χ1v) is 6.35. The van der Waals surface area contributed by atoms with Gasteiger partial charge >= 0.3 is 12.0 Å². The van der Waals surface area contributed by atoms with Crippen LogP contribution in [0.5, 0.6) is 0 Å². The summed E-state index contributed by atoms with van der Waals surface area (Å²) in [7, 11) is 0. The first-order chi connectivity index (χ1) is 9.08. The molecule has 2 amide bonds. The SMILES string of the molecule is CC1CCCN1C(=O)NC(Cc1cnc[nH]1)C(=O)O. The Kier molecular flexibility index (Phi) is 4.03. The van der Waals surface area contributed by atoms with Crippen LogP contribution in [0.2, 0.25) is 0 Å². The maximum atomic E-state index is 12.0. The minimum atomic E-state index is -1.05. The van der Waals surface area contributed by atoms with Crippen LogP contribution in [0.25, 0.3) is 0 Å². The van der Waals surface area contributed by atoms with Crippen molar-refractivity contribution < 1.29 is 14.7 Å². The molecule has 2 unspecified atom stereocenters. The number of hydrogen-bond donors (Lipinski definition) is 3. The number of carboxylic acid groups (broad SMARTS) is 1. The molecule has 1 saturated heterocycles. The van der Waals surface area contributed by atoms with E-state index in [1.165, 1.54) is 6.33 Å². The number of aromatic amines is 1. The van der Waals surface area contributed by atoms with Crippen LogP contribution in [0.1, 0.15) is 25.5 Å². The van der Waals surface area contributed by atoms with Crippen LogP contribution in [0, 0.1) is 0 Å². The Morgan fingerprint density at radius 3 is 3.00 bits per heavy atom. The molecular weight excluding hydrogens is 248 g/mol. The molecule has 1 aromatic rings. The molecule has 1 aliphatic heterocycles. The van der Waals surface area contributed by atoms with Gasteiger partial charge in [0.2, 0.25) is 0 Å². The third kappa shape index (κ3) is 3.24. The number of urea groups is 1. The van der Waals surface area contributed by atoms with Crippen LogP contribution in [-0.4, -0.2) is 50.6 Å². The van der Waals surface area contributed by atoms with E-state index >= 15 is 0 Å². The van der Waals surface area contributed by atoms with Gasteiger partial charge in [0.15, 0.2) is 0 Å². The minimum absolute atomic E-state index is 0.168. The van der Waals surface area contributed by atoms with Crippen molar-refractivity contribution in [3.05, 3.63) is 18.2 Å². The van der Waals surface area contributed by atoms with Gasteiger partial charge in [-0.1, -0.05) is 0 Å². The second kappa shape index (κ2) is 5.73. The highest BCUT2D eigenvalue weighted by Gasteiger charge is 2.29. The summed E-state index contributed by atoms with van der Waals surface area (Å²) >= 11 is 0. The zero-order chi connectivity index (χ0) is 13.8. The number of hydrogen-bond acceptors (Lipinski definition) is 3. The lowest BCUT2D eigenvalue weighted by Crippen LogP contribution is -2.49. The van der Waals surface area contributed by atoms with E-state index in [0.29, 0.717) is 12.2 Å². The second-order valence-electron chi connectivity index (χ2n) is 4.81. The summed E-state index contributed by atoms with van der Waals surface area (Å²) in [6.07, 6.45) is 5.17. The minimum Gasteiger partial charge on any atom is -0.480 e. The summed E-state index contributed by atoms with van der Waals surface area (Å²) in [5.74, 6) is -1.05. The number of rotatable bonds is 4. The molecule has 0 aromatic carbocycles. The van der Waals surface area contributed by atoms with Crippen LogP contribution < -0.4 is 5.32 Å². The molecule has 1 aliphatic rings. The number of amides is 2. The van der Waals surface area contributed by atoms with Crippen molar-refractivity contribution >= 4 is 12.0 Å². The summed E-state index contributed by atoms with van der Waals surface area (Å²) in [5, 5.41) is 11.7. The molecule has 19 heavy (non-hydrogen) atoms. The lowest BCUT2D eigenvalue weighted by molar-refractivity contribution is -0.139. The van der Waals surface area contributed by atoms with Gasteiger partial charge in [-0.2, -0.15) is 0 Å². The Balaban J connectivity index is 1.96. The van der Waals surface area contributed by atoms with Gasteiger partial charge in [-0.05, 0) is 19.8 Å². The van der Waals surface area contributed by atoms with Gasteiger partial charge < -0.3 is 20.3 Å². The van der Waals surface area contributed by atoms with E-state index in [0.717, 1.165) is 12.8 Å². The van der Waals surface area contributed by atoms with E-state index in [9.17, 15) is 9.59 Å². The fourth-order valence-electron chi connectivity index (χ4n) is 2.28. The van der Waals surface area contributed by atoms with E-state index < -0.39 is 12.0 Å². The fourth-order valence-corrected chi connectivity index (χ4v) is 2.28. The summed E-state index contributed by atoms with van der Waals surface area (Å²) in [5.41, 5.74) is 0.683. The van der Waals surface area contributed by atoms with E-state index in [-0.39, 0.29) is 18.5 Å². The van der Waals surface area contributed by atoms with Gasteiger partial charge in [0.05, 0.1) is 6.33 Å². The standard InChI is InChI=1S/C12H18N4O3/c1-8-3-2-4-16(8)12(19)15-10(11(17)18)5-9-6-13-7-14-9/h6-8,10H,2-5H2,1H3,(H,13,14)(H,15,19)(H,17,18). The number of carboxylic acids is 1. The molecule has 0 radical (unpaired) electrons. The van der Waals surface area contributed by atoms with Gasteiger partial charge in [0.1, 0.15) is 6.04 Å². The average molecular weight is 266 g/mol. The predicted molar refractivity (Wildman–Crippen MR) is 67.6 cm³/mol. The van der Waals surface area contributed by atoms with E-state index in [2.05, 4.69) is 15.3 Å². The molecule has 0 bridgehead atoms. The molecule has 2 rings (SSSR count). The monoisotopic (exact) mass is 266 g/mol. The van der Waals surface area contributed by atoms with Crippen molar-refractivity contribution in [2.24, 2.45) is 0 Å². The van der Waals surface area contributed by atoms with Gasteiger partial charge in [0.25, 0.3) is 0 Å². The molecule has 7 nitrogen and oxygen atoms in total. The molecule has 0 aliphatic carbocycles. The maximum absolute atomic E-state index is 12.0. The summed E-state index contributed by atoms with van der Waals surface area (Å²) in [4.78, 5) is 31.6. The first-order valence-electron chi connectivity index (χ1n) is 6.35. The Morgan fingerprint density at radius 1 is 1.68 bits per heavy atom. The summed E-state index contributed by atoms with van der Waals surface area (Å²) in [6.45, 7) is 2.65. The molecule has 1 fully saturated rings. The zero-order valence-corrected chi connectivity index (χ0v) is 10.8. The number of likely N-dealkylation sites (tertiary alicyclic amines) is 1. The van der Waals surface area contributed by atoms with E-state index in [1.54, 1.807) is 11.1 Å². The molecule has 7 heteroatoms. The molecule has 104 valence electrons. The number of nitrogens with zero attached hydrogens (tertiary/aromatic N) is 2. The van der Waals surface area contributed by atoms with Crippen LogP contribution in [0.3, 0.4) is 0 Å². The molecule has 1 aromatic heterocycles. The van der Waals surface area contributed by atoms with Gasteiger partial charge in [-0.3, -0.25) is 0 Å². The van der Waals surface area contributed by atoms with Gasteiger partial charge in [0, 0.05) is 30.9 Å². The second-order valence-corrected chi connectivity index (χ2v) is 4.81. The number of carbonyl (C=O) groups excluding carboxylic acids is 1. The van der Waals surface area contributed by atoms with E-state index in [4.69, 9.17) is 5.11 Å². The highest BCUT2D eigenvalue weighted by Crippen LogP contribution is 2.16. The van der Waals surface area contributed by atoms with Crippen molar-refractivity contribution in [3.63, 3.8) is 0 Å². The fraction of sp³-hybridized carbons (Fsp3) is 0.583. The van der Waals surface area contributed by atoms with Gasteiger partial charge in [-0.25, -0.2) is 14.6 Å². The Labute approximate surface area is 111 Å². The van der Waals surface area contributed by atoms with Crippen LogP contribution >= 0.6 is 0 Å². The largest absolute Gasteiger partial charge is 0.480 e. The van der Waals surface area contributed by atoms with Crippen LogP contribution in [0.4, 0.5) is 4.79 Å². The smallest absolute Gasteiger partial charge is 0.326 e. The molecule has 2 atom stereocenters. The van der Waals surface area contributed by atoms with Crippen LogP contribution in [0.15, 0.2) is 12.5 Å². The van der Waals surface area contributed by atoms with Crippen molar-refractivity contribution in [3.8, 4) is 0 Å². The van der Waals surface area contributed by atoms with Crippen molar-refractivity contribution in [1.82, 2.24) is 20.2 Å². The third-order valence-corrected chi connectivity index (χ3v) is 3.39. The number of carbonyl (C=O) groups is 2. The van der Waals surface area contributed by atoms with Crippen molar-refractivity contribution in [2.45, 2.75) is 38.3 Å². The Hall–Kier alpha value is -2.05. The lowest BCUT2D eigenvalue weighted by Gasteiger charge is -2.24. The molecule has 2 heterocycles. The first kappa shape index (κ1) is 13.4. The Morgan fingerprint density at radius 2 is 2.47 bits per heavy atom. The van der Waals surface area contributed by atoms with Crippen molar-refractivity contribution in [1.29, 1.82) is 0 Å². The van der Waals surface area contributed by atoms with E-state index in [1.807, 2.05) is 6.92 Å². The predicted octanol–water partition coefficient (Wildman–Crippen LogP) is 0.599. The Bertz CT molecular complexity index is 446. The summed E-state index contributed by atoms with van der Waals surface area (Å²) in [6, 6.07) is -1.08. The maximum Gasteiger partial charge on any atom is 0.326 e. The normalized spacial score (nSPS) is 20.3. The topological polar surface area (TPSA) is 98.3 Å². The number of aromatic nitrogens is 2. The number of H-pyrrole nitrogens is 1. The van der Waals surface area contributed by atoms with Crippen LogP contribution in [-0.2, 0) is 11.2 Å². The number of aliphatic carboxylic acids is 1. The highest BCUT2D eigenvalue weighted by atomic mass is 16.4. The zero-order valence-electron chi connectivity index (χ0n) is 10.8. The lowest BCUT2D eigenvalue weighted by atomic mass is 10.1. The number of nitrogens with one attached hydrogen (secondary N) is 2. The number of imidazole rings is 1. The van der Waals surface area contributed by atoms with Crippen molar-refractivity contribution in [2.75, 3.05) is 6.54 Å². The average Bonchev–Trinajstić information content (AvgIpc) is 2.99. The summed E-state index contributed by atoms with van der Waals surface area (Å²) < 4.78 is 0. The molecular formula is C12H18N4O3. The molecule has 3 N–H and O–H groups in total. The quantitative estimate of drug-likeness (QED) is 0.743. The molecule has 0 spiro atoms. The third-order valence-electron chi connectivity index (χ3n) is 3.39. The highest BCUT2D eigenvalue weighted by molar-refractivity contribution is 5.83. The van der Waals surface area contributed by atoms with Gasteiger partial charge in [-0.15, -0.1) is 0 Å². The molecule has 0 saturated carbocycles.